The van der Waals surface area contributed by atoms with Crippen LogP contribution in [0.25, 0.3) is 0 Å². The summed E-state index contributed by atoms with van der Waals surface area (Å²) in [5.74, 6) is 0.600. The lowest BCUT2D eigenvalue weighted by atomic mass is 10.2. The van der Waals surface area contributed by atoms with E-state index < -0.39 is 11.8 Å². The highest BCUT2D eigenvalue weighted by atomic mass is 35.5. The van der Waals surface area contributed by atoms with Crippen LogP contribution in [0.2, 0.25) is 5.02 Å². The lowest BCUT2D eigenvalue weighted by Crippen LogP contribution is -2.43. The molecule has 0 atom stereocenters. The summed E-state index contributed by atoms with van der Waals surface area (Å²) in [6, 6.07) is 9.81. The Kier molecular flexibility index (Phi) is 4.95. The molecule has 0 saturated carbocycles. The molecule has 3 rings (SSSR count). The van der Waals surface area contributed by atoms with Crippen LogP contribution in [0.15, 0.2) is 36.4 Å². The largest absolute Gasteiger partial charge is 0.484 e. The number of fused-ring (bicyclic) bond motifs is 1. The molecule has 2 aromatic rings. The standard InChI is InChI=1S/C17H15ClN2O5/c1-10-6-12(3-4-13(10)18)23-8-16(21)19-20-17(22)11-2-5-14-15(7-11)25-9-24-14/h2-7H,8-9H2,1H3,(H,19,21)(H,20,22). The zero-order valence-corrected chi connectivity index (χ0v) is 14.1. The normalized spacial score (nSPS) is 11.8. The lowest BCUT2D eigenvalue weighted by Gasteiger charge is -2.10. The molecule has 0 unspecified atom stereocenters. The topological polar surface area (TPSA) is 85.9 Å². The molecule has 7 nitrogen and oxygen atoms in total. The fourth-order valence-electron chi connectivity index (χ4n) is 2.13. The number of halogens is 1. The minimum Gasteiger partial charge on any atom is -0.484 e. The number of carbonyl (C=O) groups is 2. The number of hydrogen-bond donors (Lipinski definition) is 2. The summed E-state index contributed by atoms with van der Waals surface area (Å²) in [4.78, 5) is 23.8. The maximum atomic E-state index is 12.0. The van der Waals surface area contributed by atoms with Gasteiger partial charge in [-0.15, -0.1) is 0 Å². The first-order valence-corrected chi connectivity index (χ1v) is 7.78. The van der Waals surface area contributed by atoms with Crippen LogP contribution in [-0.4, -0.2) is 25.2 Å². The third kappa shape index (κ3) is 4.13. The van der Waals surface area contributed by atoms with Crippen molar-refractivity contribution in [1.82, 2.24) is 10.9 Å². The van der Waals surface area contributed by atoms with E-state index in [1.165, 1.54) is 6.07 Å². The van der Waals surface area contributed by atoms with Crippen molar-refractivity contribution in [2.45, 2.75) is 6.92 Å². The second kappa shape index (κ2) is 7.31. The van der Waals surface area contributed by atoms with Gasteiger partial charge in [-0.25, -0.2) is 0 Å². The summed E-state index contributed by atoms with van der Waals surface area (Å²) in [6.07, 6.45) is 0. The van der Waals surface area contributed by atoms with Crippen molar-refractivity contribution in [1.29, 1.82) is 0 Å². The Labute approximate surface area is 148 Å². The van der Waals surface area contributed by atoms with Crippen LogP contribution in [0.4, 0.5) is 0 Å². The zero-order chi connectivity index (χ0) is 17.8. The maximum Gasteiger partial charge on any atom is 0.276 e. The molecule has 0 aliphatic carbocycles. The van der Waals surface area contributed by atoms with Gasteiger partial charge < -0.3 is 14.2 Å². The Morgan fingerprint density at radius 1 is 1.12 bits per heavy atom. The quantitative estimate of drug-likeness (QED) is 0.814. The summed E-state index contributed by atoms with van der Waals surface area (Å²) >= 11 is 5.92. The number of carbonyl (C=O) groups excluding carboxylic acids is 2. The highest BCUT2D eigenvalue weighted by Gasteiger charge is 2.16. The van der Waals surface area contributed by atoms with Gasteiger partial charge in [0.2, 0.25) is 6.79 Å². The van der Waals surface area contributed by atoms with Gasteiger partial charge in [-0.05, 0) is 48.9 Å². The van der Waals surface area contributed by atoms with Gasteiger partial charge >= 0.3 is 0 Å². The van der Waals surface area contributed by atoms with Crippen LogP contribution in [0.1, 0.15) is 15.9 Å². The van der Waals surface area contributed by atoms with E-state index in [9.17, 15) is 9.59 Å². The van der Waals surface area contributed by atoms with E-state index in [-0.39, 0.29) is 13.4 Å². The van der Waals surface area contributed by atoms with Crippen molar-refractivity contribution in [2.24, 2.45) is 0 Å². The number of hydrogen-bond acceptors (Lipinski definition) is 5. The molecule has 1 aliphatic heterocycles. The van der Waals surface area contributed by atoms with E-state index in [1.54, 1.807) is 30.3 Å². The lowest BCUT2D eigenvalue weighted by molar-refractivity contribution is -0.123. The SMILES string of the molecule is Cc1cc(OCC(=O)NNC(=O)c2ccc3c(c2)OCO3)ccc1Cl. The van der Waals surface area contributed by atoms with E-state index in [0.29, 0.717) is 27.8 Å². The van der Waals surface area contributed by atoms with Crippen molar-refractivity contribution in [3.05, 3.63) is 52.5 Å². The van der Waals surface area contributed by atoms with Crippen molar-refractivity contribution >= 4 is 23.4 Å². The van der Waals surface area contributed by atoms with Crippen molar-refractivity contribution in [3.63, 3.8) is 0 Å². The van der Waals surface area contributed by atoms with Crippen molar-refractivity contribution in [2.75, 3.05) is 13.4 Å². The van der Waals surface area contributed by atoms with Gasteiger partial charge in [0.25, 0.3) is 11.8 Å². The smallest absolute Gasteiger partial charge is 0.276 e. The summed E-state index contributed by atoms with van der Waals surface area (Å²) < 4.78 is 15.7. The molecule has 2 N–H and O–H groups in total. The molecule has 0 saturated heterocycles. The van der Waals surface area contributed by atoms with E-state index in [1.807, 2.05) is 6.92 Å². The molecule has 2 aromatic carbocycles. The number of aryl methyl sites for hydroxylation is 1. The van der Waals surface area contributed by atoms with Crippen molar-refractivity contribution < 1.29 is 23.8 Å². The first kappa shape index (κ1) is 16.9. The van der Waals surface area contributed by atoms with Gasteiger partial charge in [-0.1, -0.05) is 11.6 Å². The molecular weight excluding hydrogens is 348 g/mol. The molecule has 25 heavy (non-hydrogen) atoms. The van der Waals surface area contributed by atoms with Crippen LogP contribution in [0.3, 0.4) is 0 Å². The van der Waals surface area contributed by atoms with E-state index in [4.69, 9.17) is 25.8 Å². The molecule has 0 fully saturated rings. The van der Waals surface area contributed by atoms with Crippen LogP contribution >= 0.6 is 11.6 Å². The molecule has 130 valence electrons. The summed E-state index contributed by atoms with van der Waals surface area (Å²) in [5, 5.41) is 0.618. The third-order valence-electron chi connectivity index (χ3n) is 3.45. The average molecular weight is 363 g/mol. The fourth-order valence-corrected chi connectivity index (χ4v) is 2.25. The average Bonchev–Trinajstić information content (AvgIpc) is 3.08. The molecule has 0 spiro atoms. The first-order chi connectivity index (χ1) is 12.0. The summed E-state index contributed by atoms with van der Waals surface area (Å²) in [7, 11) is 0. The van der Waals surface area contributed by atoms with Gasteiger partial charge in [0.05, 0.1) is 0 Å². The summed E-state index contributed by atoms with van der Waals surface area (Å²) in [6.45, 7) is 1.71. The fraction of sp³-hybridized carbons (Fsp3) is 0.176. The zero-order valence-electron chi connectivity index (χ0n) is 13.3. The molecule has 2 amide bonds. The van der Waals surface area contributed by atoms with Crippen LogP contribution in [-0.2, 0) is 4.79 Å². The minimum atomic E-state index is -0.498. The van der Waals surface area contributed by atoms with Crippen molar-refractivity contribution in [3.8, 4) is 17.2 Å². The van der Waals surface area contributed by atoms with Gasteiger partial charge in [-0.2, -0.15) is 0 Å². The number of benzene rings is 2. The number of amides is 2. The highest BCUT2D eigenvalue weighted by molar-refractivity contribution is 6.31. The highest BCUT2D eigenvalue weighted by Crippen LogP contribution is 2.32. The Bertz CT molecular complexity index is 825. The van der Waals surface area contributed by atoms with Gasteiger partial charge in [0.1, 0.15) is 5.75 Å². The number of ether oxygens (including phenoxy) is 3. The number of rotatable bonds is 4. The maximum absolute atomic E-state index is 12.0. The van der Waals surface area contributed by atoms with E-state index >= 15 is 0 Å². The minimum absolute atomic E-state index is 0.124. The van der Waals surface area contributed by atoms with Crippen LogP contribution in [0.5, 0.6) is 17.2 Å². The van der Waals surface area contributed by atoms with Crippen LogP contribution in [0, 0.1) is 6.92 Å². The molecule has 0 aromatic heterocycles. The van der Waals surface area contributed by atoms with Gasteiger partial charge in [0.15, 0.2) is 18.1 Å². The first-order valence-electron chi connectivity index (χ1n) is 7.41. The molecule has 1 aliphatic rings. The molecule has 8 heteroatoms. The van der Waals surface area contributed by atoms with E-state index in [0.717, 1.165) is 5.56 Å². The predicted octanol–water partition coefficient (Wildman–Crippen LogP) is 2.22. The third-order valence-corrected chi connectivity index (χ3v) is 3.87. The Balaban J connectivity index is 1.48. The van der Waals surface area contributed by atoms with Crippen LogP contribution < -0.4 is 25.1 Å². The number of nitrogens with one attached hydrogen (secondary N) is 2. The molecular formula is C17H15ClN2O5. The van der Waals surface area contributed by atoms with E-state index in [2.05, 4.69) is 10.9 Å². The van der Waals surface area contributed by atoms with Gasteiger partial charge in [0, 0.05) is 10.6 Å². The predicted molar refractivity (Wildman–Crippen MR) is 89.9 cm³/mol. The van der Waals surface area contributed by atoms with Gasteiger partial charge in [-0.3, -0.25) is 20.4 Å². The Morgan fingerprint density at radius 3 is 2.72 bits per heavy atom. The number of hydrazine groups is 1. The monoisotopic (exact) mass is 362 g/mol. The second-order valence-corrected chi connectivity index (χ2v) is 5.68. The molecule has 0 radical (unpaired) electrons. The summed E-state index contributed by atoms with van der Waals surface area (Å²) in [5.41, 5.74) is 5.77. The Hall–Kier alpha value is -2.93. The molecule has 1 heterocycles. The Morgan fingerprint density at radius 2 is 1.92 bits per heavy atom. The molecule has 0 bridgehead atoms. The second-order valence-electron chi connectivity index (χ2n) is 5.27.